The summed E-state index contributed by atoms with van der Waals surface area (Å²) in [5.41, 5.74) is 0. The fraction of sp³-hybridized carbons (Fsp3) is 0. The van der Waals surface area contributed by atoms with Gasteiger partial charge in [-0.3, -0.25) is 0 Å². The van der Waals surface area contributed by atoms with Gasteiger partial charge >= 0.3 is 0 Å². The van der Waals surface area contributed by atoms with E-state index in [1.165, 1.54) is 18.6 Å². The zero-order chi connectivity index (χ0) is 7.40. The second-order valence-electron chi connectivity index (χ2n) is 1.68. The van der Waals surface area contributed by atoms with Gasteiger partial charge in [0.2, 0.25) is 0 Å². The van der Waals surface area contributed by atoms with Crippen molar-refractivity contribution in [2.24, 2.45) is 0 Å². The van der Waals surface area contributed by atoms with Crippen LogP contribution in [0.1, 0.15) is 0 Å². The minimum absolute atomic E-state index is 0. The maximum Gasteiger partial charge on any atom is 0.170 e. The summed E-state index contributed by atoms with van der Waals surface area (Å²) in [6.45, 7) is 1.25. The Kier molecular flexibility index (Phi) is 42.6. The topological polar surface area (TPSA) is 46.5 Å². The van der Waals surface area contributed by atoms with Crippen LogP contribution in [-0.4, -0.2) is 11.6 Å². The number of phenolic OH excluding ortho intramolecular Hbond substituents is 1. The van der Waals surface area contributed by atoms with Crippen LogP contribution in [0.4, 0.5) is 0 Å². The third-order valence-corrected chi connectivity index (χ3v) is 0.977. The molecule has 0 aliphatic carbocycles. The molecule has 5 radical (unpaired) electrons. The molecule has 0 fully saturated rings. The molecule has 3 nitrogen and oxygen atoms in total. The Morgan fingerprint density at radius 3 is 2.00 bits per heavy atom. The van der Waals surface area contributed by atoms with E-state index in [-0.39, 0.29) is 175 Å². The van der Waals surface area contributed by atoms with Gasteiger partial charge in [-0.25, -0.2) is 0 Å². The Labute approximate surface area is 215 Å². The maximum atomic E-state index is 9.66. The number of carbonyl (C=O) groups excluding carboxylic acids is 1. The standard InChI is InChI=1S/C7H5O3.5Y/c8-5-10-7-3-1-2-6(9)4-7;;;;;/h1-4,9H;;;;;/q-1;;;;;. The molecular weight excluding hydrogens is 577 g/mol. The SMILES string of the molecule is O=[C-]Oc1cccc(O)c1.[Y].[Y].[Y].[Y].[Y]. The maximum absolute atomic E-state index is 9.66. The number of hydrogen-bond donors (Lipinski definition) is 1. The molecule has 0 saturated carbocycles. The predicted octanol–water partition coefficient (Wildman–Crippen LogP) is 0.826. The van der Waals surface area contributed by atoms with Gasteiger partial charge in [-0.1, -0.05) is 12.1 Å². The summed E-state index contributed by atoms with van der Waals surface area (Å²) in [5, 5.41) is 8.83. The molecule has 1 N–H and O–H groups in total. The molecule has 1 aromatic rings. The number of benzene rings is 1. The van der Waals surface area contributed by atoms with Crippen molar-refractivity contribution in [3.63, 3.8) is 0 Å². The van der Waals surface area contributed by atoms with Gasteiger partial charge in [0.05, 0.1) is 0 Å². The van der Waals surface area contributed by atoms with Gasteiger partial charge in [0, 0.05) is 164 Å². The van der Waals surface area contributed by atoms with E-state index in [2.05, 4.69) is 4.74 Å². The molecule has 0 aliphatic rings. The van der Waals surface area contributed by atoms with E-state index >= 15 is 0 Å². The number of rotatable bonds is 2. The Hall–Kier alpha value is 4.01. The predicted molar refractivity (Wildman–Crippen MR) is 34.4 cm³/mol. The van der Waals surface area contributed by atoms with E-state index in [9.17, 15) is 4.79 Å². The van der Waals surface area contributed by atoms with Crippen molar-refractivity contribution in [1.29, 1.82) is 0 Å². The molecule has 0 spiro atoms. The first kappa shape index (κ1) is 31.4. The van der Waals surface area contributed by atoms with Crippen molar-refractivity contribution in [1.82, 2.24) is 0 Å². The first-order valence-corrected chi connectivity index (χ1v) is 2.66. The molecule has 0 unspecified atom stereocenters. The third-order valence-electron chi connectivity index (χ3n) is 0.977. The summed E-state index contributed by atoms with van der Waals surface area (Å²) >= 11 is 0. The molecular formula is C7H5O3Y5-. The fourth-order valence-electron chi connectivity index (χ4n) is 0.595. The number of hydrogen-bond acceptors (Lipinski definition) is 3. The van der Waals surface area contributed by atoms with E-state index in [1.54, 1.807) is 12.1 Å². The summed E-state index contributed by atoms with van der Waals surface area (Å²) in [5.74, 6) is 0.350. The minimum Gasteiger partial charge on any atom is -0.610 e. The molecule has 0 heterocycles. The summed E-state index contributed by atoms with van der Waals surface area (Å²) < 4.78 is 4.32. The van der Waals surface area contributed by atoms with Gasteiger partial charge in [-0.15, -0.1) is 6.07 Å². The molecule has 15 heavy (non-hydrogen) atoms. The normalized spacial score (nSPS) is 5.87. The van der Waals surface area contributed by atoms with Crippen molar-refractivity contribution >= 4 is 6.47 Å². The van der Waals surface area contributed by atoms with E-state index in [0.717, 1.165) is 0 Å². The molecule has 8 heteroatoms. The number of ether oxygens (including phenoxy) is 1. The van der Waals surface area contributed by atoms with Crippen LogP contribution >= 0.6 is 0 Å². The quantitative estimate of drug-likeness (QED) is 0.527. The van der Waals surface area contributed by atoms with Gasteiger partial charge in [0.15, 0.2) is 6.47 Å². The average Bonchev–Trinajstić information content (AvgIpc) is 1.88. The van der Waals surface area contributed by atoms with Crippen LogP contribution in [0.15, 0.2) is 24.3 Å². The summed E-state index contributed by atoms with van der Waals surface area (Å²) in [6, 6.07) is 5.93. The second kappa shape index (κ2) is 20.3. The van der Waals surface area contributed by atoms with E-state index in [4.69, 9.17) is 5.11 Å². The van der Waals surface area contributed by atoms with Crippen LogP contribution in [0.25, 0.3) is 0 Å². The zero-order valence-electron chi connectivity index (χ0n) is 7.96. The van der Waals surface area contributed by atoms with Gasteiger partial charge < -0.3 is 14.6 Å². The van der Waals surface area contributed by atoms with E-state index in [1.807, 2.05) is 0 Å². The zero-order valence-corrected chi connectivity index (χ0v) is 22.2. The summed E-state index contributed by atoms with van der Waals surface area (Å²) in [4.78, 5) is 9.66. The van der Waals surface area contributed by atoms with Crippen molar-refractivity contribution in [3.05, 3.63) is 24.3 Å². The largest absolute Gasteiger partial charge is 0.610 e. The molecule has 1 rings (SSSR count). The molecule has 0 aliphatic heterocycles. The second-order valence-corrected chi connectivity index (χ2v) is 1.68. The third kappa shape index (κ3) is 16.0. The van der Waals surface area contributed by atoms with Crippen molar-refractivity contribution in [3.8, 4) is 11.5 Å². The molecule has 0 bridgehead atoms. The van der Waals surface area contributed by atoms with E-state index in [0.29, 0.717) is 0 Å². The average molecular weight is 582 g/mol. The molecule has 0 saturated heterocycles. The van der Waals surface area contributed by atoms with Gasteiger partial charge in [-0.2, -0.15) is 0 Å². The number of phenols is 1. The smallest absolute Gasteiger partial charge is 0.170 e. The van der Waals surface area contributed by atoms with Crippen molar-refractivity contribution in [2.75, 3.05) is 0 Å². The minimum atomic E-state index is 0. The Morgan fingerprint density at radius 1 is 1.07 bits per heavy atom. The van der Waals surface area contributed by atoms with Gasteiger partial charge in [0.25, 0.3) is 0 Å². The van der Waals surface area contributed by atoms with Crippen molar-refractivity contribution in [2.45, 2.75) is 0 Å². The summed E-state index contributed by atoms with van der Waals surface area (Å²) in [6.07, 6.45) is 0. The Morgan fingerprint density at radius 2 is 1.60 bits per heavy atom. The first-order chi connectivity index (χ1) is 4.83. The van der Waals surface area contributed by atoms with Crippen LogP contribution in [0.5, 0.6) is 11.5 Å². The Bertz CT molecular complexity index is 246. The van der Waals surface area contributed by atoms with Crippen molar-refractivity contribution < 1.29 is 178 Å². The Balaban J connectivity index is -0.0000000667. The molecule has 0 atom stereocenters. The van der Waals surface area contributed by atoms with Gasteiger partial charge in [0.1, 0.15) is 5.75 Å². The van der Waals surface area contributed by atoms with Crippen LogP contribution in [0.2, 0.25) is 0 Å². The molecule has 67 valence electrons. The fourth-order valence-corrected chi connectivity index (χ4v) is 0.595. The van der Waals surface area contributed by atoms with Crippen LogP contribution in [0, 0.1) is 0 Å². The molecule has 0 amide bonds. The molecule has 0 aromatic heterocycles. The van der Waals surface area contributed by atoms with Crippen LogP contribution < -0.4 is 4.74 Å². The number of aromatic hydroxyl groups is 1. The van der Waals surface area contributed by atoms with E-state index < -0.39 is 0 Å². The monoisotopic (exact) mass is 582 g/mol. The first-order valence-electron chi connectivity index (χ1n) is 2.66. The molecule has 1 aromatic carbocycles. The summed E-state index contributed by atoms with van der Waals surface area (Å²) in [7, 11) is 0. The van der Waals surface area contributed by atoms with Crippen LogP contribution in [-0.2, 0) is 168 Å². The van der Waals surface area contributed by atoms with Crippen LogP contribution in [0.3, 0.4) is 0 Å². The van der Waals surface area contributed by atoms with Gasteiger partial charge in [-0.05, 0) is 11.8 Å².